The van der Waals surface area contributed by atoms with E-state index in [1.807, 2.05) is 0 Å². The van der Waals surface area contributed by atoms with Crippen LogP contribution in [0.3, 0.4) is 0 Å². The molecule has 7 heteroatoms. The highest BCUT2D eigenvalue weighted by molar-refractivity contribution is 5.93. The minimum Gasteiger partial charge on any atom is -0.387 e. The second-order valence-corrected chi connectivity index (χ2v) is 5.09. The van der Waals surface area contributed by atoms with Crippen LogP contribution in [0.4, 0.5) is 4.39 Å². The van der Waals surface area contributed by atoms with E-state index >= 15 is 0 Å². The maximum Gasteiger partial charge on any atom is 0.273 e. The van der Waals surface area contributed by atoms with Crippen LogP contribution in [-0.2, 0) is 0 Å². The summed E-state index contributed by atoms with van der Waals surface area (Å²) in [6.45, 7) is -0.0259. The lowest BCUT2D eigenvalue weighted by Gasteiger charge is -2.11. The van der Waals surface area contributed by atoms with E-state index < -0.39 is 12.0 Å². The highest BCUT2D eigenvalue weighted by Crippen LogP contribution is 2.19. The molecular weight excluding hydrogens is 313 g/mol. The highest BCUT2D eigenvalue weighted by atomic mass is 19.1. The van der Waals surface area contributed by atoms with Crippen molar-refractivity contribution in [1.82, 2.24) is 15.5 Å². The lowest BCUT2D eigenvalue weighted by molar-refractivity contribution is 0.0907. The molecule has 1 aromatic carbocycles. The van der Waals surface area contributed by atoms with E-state index in [9.17, 15) is 14.3 Å². The second kappa shape index (κ2) is 7.01. The number of aliphatic hydroxyl groups excluding tert-OH is 1. The lowest BCUT2D eigenvalue weighted by Crippen LogP contribution is -2.28. The molecule has 0 bridgehead atoms. The number of rotatable bonds is 5. The van der Waals surface area contributed by atoms with Crippen molar-refractivity contribution in [1.29, 1.82) is 0 Å². The van der Waals surface area contributed by atoms with Crippen molar-refractivity contribution in [2.75, 3.05) is 6.54 Å². The van der Waals surface area contributed by atoms with Gasteiger partial charge in [0.2, 0.25) is 0 Å². The van der Waals surface area contributed by atoms with Crippen LogP contribution in [0.25, 0.3) is 11.3 Å². The molecule has 1 atom stereocenters. The Bertz CT molecular complexity index is 819. The molecule has 2 heterocycles. The van der Waals surface area contributed by atoms with Gasteiger partial charge in [0.15, 0.2) is 11.5 Å². The fourth-order valence-corrected chi connectivity index (χ4v) is 2.12. The normalized spacial score (nSPS) is 11.9. The number of carbonyl (C=O) groups is 1. The first-order valence-corrected chi connectivity index (χ1v) is 7.22. The van der Waals surface area contributed by atoms with Gasteiger partial charge in [0.1, 0.15) is 5.82 Å². The molecule has 0 fully saturated rings. The van der Waals surface area contributed by atoms with Crippen molar-refractivity contribution in [2.45, 2.75) is 6.10 Å². The summed E-state index contributed by atoms with van der Waals surface area (Å²) in [5.41, 5.74) is 1.37. The molecule has 1 unspecified atom stereocenters. The number of nitrogens with zero attached hydrogens (tertiary/aromatic N) is 2. The van der Waals surface area contributed by atoms with Gasteiger partial charge in [-0.25, -0.2) is 4.39 Å². The molecule has 122 valence electrons. The first kappa shape index (κ1) is 15.8. The summed E-state index contributed by atoms with van der Waals surface area (Å²) in [5.74, 6) is -0.414. The molecule has 0 saturated heterocycles. The third-order valence-corrected chi connectivity index (χ3v) is 3.42. The standard InChI is InChI=1S/C17H14FN3O3/c18-13-3-1-11(2-4-13)15(22)10-20-17(23)14-9-16(24-21-14)12-5-7-19-8-6-12/h1-9,15,22H,10H2,(H,20,23). The predicted molar refractivity (Wildman–Crippen MR) is 83.4 cm³/mol. The average Bonchev–Trinajstić information content (AvgIpc) is 3.11. The Morgan fingerprint density at radius 1 is 1.21 bits per heavy atom. The van der Waals surface area contributed by atoms with Crippen LogP contribution in [0.5, 0.6) is 0 Å². The van der Waals surface area contributed by atoms with Gasteiger partial charge < -0.3 is 14.9 Å². The number of aliphatic hydroxyl groups is 1. The van der Waals surface area contributed by atoms with Crippen LogP contribution < -0.4 is 5.32 Å². The Balaban J connectivity index is 1.61. The van der Waals surface area contributed by atoms with Gasteiger partial charge in [-0.3, -0.25) is 9.78 Å². The molecule has 0 aliphatic heterocycles. The van der Waals surface area contributed by atoms with E-state index in [0.29, 0.717) is 11.3 Å². The molecule has 0 spiro atoms. The molecule has 0 radical (unpaired) electrons. The van der Waals surface area contributed by atoms with Gasteiger partial charge in [0, 0.05) is 30.6 Å². The topological polar surface area (TPSA) is 88.2 Å². The molecule has 1 amide bonds. The van der Waals surface area contributed by atoms with Crippen LogP contribution >= 0.6 is 0 Å². The zero-order chi connectivity index (χ0) is 16.9. The Morgan fingerprint density at radius 2 is 1.92 bits per heavy atom. The van der Waals surface area contributed by atoms with E-state index in [-0.39, 0.29) is 18.1 Å². The number of hydrogen-bond acceptors (Lipinski definition) is 5. The number of hydrogen-bond donors (Lipinski definition) is 2. The average molecular weight is 327 g/mol. The Labute approximate surface area is 136 Å². The molecule has 3 rings (SSSR count). The second-order valence-electron chi connectivity index (χ2n) is 5.09. The van der Waals surface area contributed by atoms with E-state index in [4.69, 9.17) is 4.52 Å². The zero-order valence-corrected chi connectivity index (χ0v) is 12.5. The molecule has 0 saturated carbocycles. The van der Waals surface area contributed by atoms with E-state index in [2.05, 4.69) is 15.5 Å². The van der Waals surface area contributed by atoms with Crippen LogP contribution in [0.1, 0.15) is 22.2 Å². The van der Waals surface area contributed by atoms with Crippen LogP contribution in [-0.4, -0.2) is 27.7 Å². The Hall–Kier alpha value is -3.06. The third kappa shape index (κ3) is 3.64. The fraction of sp³-hybridized carbons (Fsp3) is 0.118. The van der Waals surface area contributed by atoms with Crippen molar-refractivity contribution in [3.05, 3.63) is 71.9 Å². The van der Waals surface area contributed by atoms with Gasteiger partial charge in [-0.1, -0.05) is 17.3 Å². The molecule has 6 nitrogen and oxygen atoms in total. The van der Waals surface area contributed by atoms with Gasteiger partial charge in [-0.2, -0.15) is 0 Å². The van der Waals surface area contributed by atoms with E-state index in [1.165, 1.54) is 30.3 Å². The van der Waals surface area contributed by atoms with E-state index in [1.54, 1.807) is 24.5 Å². The highest BCUT2D eigenvalue weighted by Gasteiger charge is 2.15. The number of carbonyl (C=O) groups excluding carboxylic acids is 1. The van der Waals surface area contributed by atoms with Gasteiger partial charge in [-0.15, -0.1) is 0 Å². The molecule has 3 aromatic rings. The summed E-state index contributed by atoms with van der Waals surface area (Å²) >= 11 is 0. The monoisotopic (exact) mass is 327 g/mol. The number of aromatic nitrogens is 2. The third-order valence-electron chi connectivity index (χ3n) is 3.42. The lowest BCUT2D eigenvalue weighted by atomic mass is 10.1. The maximum atomic E-state index is 12.9. The summed E-state index contributed by atoms with van der Waals surface area (Å²) in [5, 5.41) is 16.3. The molecule has 0 aliphatic rings. The van der Waals surface area contributed by atoms with Crippen molar-refractivity contribution in [3.63, 3.8) is 0 Å². The van der Waals surface area contributed by atoms with Crippen molar-refractivity contribution < 1.29 is 18.8 Å². The summed E-state index contributed by atoms with van der Waals surface area (Å²) in [4.78, 5) is 16.0. The zero-order valence-electron chi connectivity index (χ0n) is 12.5. The first-order chi connectivity index (χ1) is 11.6. The summed E-state index contributed by atoms with van der Waals surface area (Å²) in [6.07, 6.45) is 2.27. The Kier molecular flexibility index (Phi) is 4.62. The summed E-state index contributed by atoms with van der Waals surface area (Å²) in [6, 6.07) is 10.4. The number of pyridine rings is 1. The molecule has 0 aliphatic carbocycles. The molecule has 2 N–H and O–H groups in total. The summed E-state index contributed by atoms with van der Waals surface area (Å²) < 4.78 is 18.0. The largest absolute Gasteiger partial charge is 0.387 e. The van der Waals surface area contributed by atoms with E-state index in [0.717, 1.165) is 5.56 Å². The molecule has 2 aromatic heterocycles. The smallest absolute Gasteiger partial charge is 0.273 e. The maximum absolute atomic E-state index is 12.9. The first-order valence-electron chi connectivity index (χ1n) is 7.22. The molecular formula is C17H14FN3O3. The van der Waals surface area contributed by atoms with Gasteiger partial charge in [0.25, 0.3) is 5.91 Å². The quantitative estimate of drug-likeness (QED) is 0.751. The number of amides is 1. The minimum absolute atomic E-state index is 0.0259. The van der Waals surface area contributed by atoms with Crippen molar-refractivity contribution in [2.24, 2.45) is 0 Å². The van der Waals surface area contributed by atoms with Gasteiger partial charge >= 0.3 is 0 Å². The van der Waals surface area contributed by atoms with Crippen LogP contribution in [0.2, 0.25) is 0 Å². The number of nitrogens with one attached hydrogen (secondary N) is 1. The van der Waals surface area contributed by atoms with Crippen molar-refractivity contribution in [3.8, 4) is 11.3 Å². The van der Waals surface area contributed by atoms with Crippen LogP contribution in [0.15, 0.2) is 59.4 Å². The van der Waals surface area contributed by atoms with Crippen LogP contribution in [0, 0.1) is 5.82 Å². The number of benzene rings is 1. The molecule has 24 heavy (non-hydrogen) atoms. The summed E-state index contributed by atoms with van der Waals surface area (Å²) in [7, 11) is 0. The fourth-order valence-electron chi connectivity index (χ4n) is 2.12. The predicted octanol–water partition coefficient (Wildman–Crippen LogP) is 2.34. The van der Waals surface area contributed by atoms with Gasteiger partial charge in [-0.05, 0) is 29.8 Å². The van der Waals surface area contributed by atoms with Gasteiger partial charge in [0.05, 0.1) is 6.10 Å². The van der Waals surface area contributed by atoms with Crippen molar-refractivity contribution >= 4 is 5.91 Å². The SMILES string of the molecule is O=C(NCC(O)c1ccc(F)cc1)c1cc(-c2ccncc2)on1. The Morgan fingerprint density at radius 3 is 2.62 bits per heavy atom. The minimum atomic E-state index is -0.943. The number of halogens is 1.